The monoisotopic (exact) mass is 427 g/mol. The largest absolute Gasteiger partial charge is 0.508 e. The molecule has 0 atom stereocenters. The molecular weight excluding hydrogens is 385 g/mol. The Morgan fingerprint density at radius 2 is 0.600 bits per heavy atom. The number of aromatic hydroxyl groups is 2. The summed E-state index contributed by atoms with van der Waals surface area (Å²) in [4.78, 5) is 0. The van der Waals surface area contributed by atoms with Crippen LogP contribution < -0.4 is 0 Å². The molecule has 2 N–H and O–H groups in total. The van der Waals surface area contributed by atoms with Crippen LogP contribution >= 0.6 is 0 Å². The van der Waals surface area contributed by atoms with E-state index in [-0.39, 0.29) is 47.6 Å². The van der Waals surface area contributed by atoms with E-state index in [1.54, 1.807) is 48.5 Å². The number of benzene rings is 2. The molecule has 0 aromatic heterocycles. The van der Waals surface area contributed by atoms with Crippen molar-refractivity contribution in [2.45, 2.75) is 55.4 Å². The normalized spacial score (nSPS) is 5.76. The van der Waals surface area contributed by atoms with E-state index in [1.165, 1.54) is 0 Å². The fourth-order valence-corrected chi connectivity index (χ4v) is 0.856. The fourth-order valence-electron chi connectivity index (χ4n) is 0.856. The third-order valence-electron chi connectivity index (χ3n) is 1.51. The van der Waals surface area contributed by atoms with Crippen LogP contribution in [-0.2, 0) is 32.7 Å². The quantitative estimate of drug-likeness (QED) is 0.421. The molecule has 0 unspecified atom stereocenters. The summed E-state index contributed by atoms with van der Waals surface area (Å²) < 4.78 is 0. The van der Waals surface area contributed by atoms with Gasteiger partial charge in [-0.2, -0.15) is 0 Å². The molecule has 147 valence electrons. The number of para-hydroxylation sites is 2. The van der Waals surface area contributed by atoms with Crippen LogP contribution in [0.25, 0.3) is 0 Å². The Bertz CT molecular complexity index is 313. The second kappa shape index (κ2) is 49.5. The van der Waals surface area contributed by atoms with Gasteiger partial charge in [0.2, 0.25) is 0 Å². The van der Waals surface area contributed by atoms with E-state index in [0.29, 0.717) is 11.5 Å². The molecule has 0 aliphatic rings. The van der Waals surface area contributed by atoms with E-state index >= 15 is 0 Å². The van der Waals surface area contributed by atoms with Crippen LogP contribution in [0.3, 0.4) is 0 Å². The minimum absolute atomic E-state index is 0. The molecule has 1 radical (unpaired) electrons. The Kier molecular flexibility index (Phi) is 87.1. The first-order chi connectivity index (χ1) is 10.8. The molecule has 25 heavy (non-hydrogen) atoms. The summed E-state index contributed by atoms with van der Waals surface area (Å²) >= 11 is 0. The van der Waals surface area contributed by atoms with Gasteiger partial charge in [-0.25, -0.2) is 0 Å². The van der Waals surface area contributed by atoms with Crippen molar-refractivity contribution >= 4 is 0 Å². The second-order valence-corrected chi connectivity index (χ2v) is 2.67. The van der Waals surface area contributed by atoms with E-state index in [4.69, 9.17) is 10.2 Å². The second-order valence-electron chi connectivity index (χ2n) is 2.67. The molecule has 0 spiro atoms. The minimum Gasteiger partial charge on any atom is -0.508 e. The fraction of sp³-hybridized carbons (Fsp3) is 0.364. The third kappa shape index (κ3) is 45.1. The van der Waals surface area contributed by atoms with Gasteiger partial charge in [-0.1, -0.05) is 91.8 Å². The smallest absolute Gasteiger partial charge is 0.115 e. The summed E-state index contributed by atoms with van der Waals surface area (Å²) in [6.07, 6.45) is 0. The maximum absolute atomic E-state index is 8.63. The zero-order chi connectivity index (χ0) is 18.2. The molecule has 2 rings (SSSR count). The van der Waals surface area contributed by atoms with E-state index in [0.717, 1.165) is 0 Å². The Balaban J connectivity index is -0.0000000343. The Hall–Kier alpha value is -0.856. The number of hydrogen-bond acceptors (Lipinski definition) is 2. The maximum Gasteiger partial charge on any atom is 0.115 e. The molecule has 2 aromatic carbocycles. The Labute approximate surface area is 184 Å². The summed E-state index contributed by atoms with van der Waals surface area (Å²) in [5.74, 6) is 0.644. The number of rotatable bonds is 0. The molecular formula is C22H42O2Y-2. The molecule has 0 bridgehead atoms. The molecule has 0 saturated carbocycles. The van der Waals surface area contributed by atoms with Crippen molar-refractivity contribution in [1.29, 1.82) is 0 Å². The van der Waals surface area contributed by atoms with Gasteiger partial charge in [0.25, 0.3) is 0 Å². The Morgan fingerprint density at radius 1 is 0.440 bits per heavy atom. The SMILES string of the molecule is CC.CC.CC.CC.Oc1ccccc1.Oc1ccccc1.[CH3-].[CH3-].[Y]. The molecule has 0 saturated heterocycles. The summed E-state index contributed by atoms with van der Waals surface area (Å²) in [5, 5.41) is 17.3. The van der Waals surface area contributed by atoms with Crippen LogP contribution in [0.1, 0.15) is 55.4 Å². The third-order valence-corrected chi connectivity index (χ3v) is 1.51. The van der Waals surface area contributed by atoms with Gasteiger partial charge in [-0.05, 0) is 24.3 Å². The van der Waals surface area contributed by atoms with Gasteiger partial charge >= 0.3 is 0 Å². The van der Waals surface area contributed by atoms with Crippen molar-refractivity contribution in [3.8, 4) is 11.5 Å². The van der Waals surface area contributed by atoms with Crippen molar-refractivity contribution in [1.82, 2.24) is 0 Å². The van der Waals surface area contributed by atoms with Crippen LogP contribution in [0, 0.1) is 14.9 Å². The van der Waals surface area contributed by atoms with Gasteiger partial charge in [0, 0.05) is 32.7 Å². The van der Waals surface area contributed by atoms with Gasteiger partial charge in [-0.3, -0.25) is 0 Å². The Morgan fingerprint density at radius 3 is 0.680 bits per heavy atom. The zero-order valence-corrected chi connectivity index (χ0v) is 21.1. The first-order valence-corrected chi connectivity index (χ1v) is 8.27. The summed E-state index contributed by atoms with van der Waals surface area (Å²) in [6, 6.07) is 17.4. The predicted octanol–water partition coefficient (Wildman–Crippen LogP) is 7.79. The van der Waals surface area contributed by atoms with E-state index in [1.807, 2.05) is 67.5 Å². The van der Waals surface area contributed by atoms with Crippen molar-refractivity contribution in [3.63, 3.8) is 0 Å². The van der Waals surface area contributed by atoms with Crippen molar-refractivity contribution in [3.05, 3.63) is 75.5 Å². The molecule has 2 nitrogen and oxygen atoms in total. The first-order valence-electron chi connectivity index (χ1n) is 8.27. The number of phenolic OH excluding ortho intramolecular Hbond substituents is 2. The van der Waals surface area contributed by atoms with E-state index in [2.05, 4.69) is 0 Å². The standard InChI is InChI=1S/2C6H6O.4C2H6.2CH3.Y/c2*7-6-4-2-1-3-5-6;4*1-2;;;/h2*1-5,7H;4*1-2H3;2*1H3;/q;;;;;;2*-1;. The molecule has 3 heteroatoms. The summed E-state index contributed by atoms with van der Waals surface area (Å²) in [5.41, 5.74) is 0. The number of phenols is 2. The molecule has 0 heterocycles. The zero-order valence-electron chi connectivity index (χ0n) is 18.2. The average molecular weight is 427 g/mol. The molecule has 0 fully saturated rings. The van der Waals surface area contributed by atoms with Crippen LogP contribution in [0.15, 0.2) is 60.7 Å². The average Bonchev–Trinajstić information content (AvgIpc) is 2.64. The van der Waals surface area contributed by atoms with Crippen LogP contribution in [-0.4, -0.2) is 10.2 Å². The van der Waals surface area contributed by atoms with Gasteiger partial charge in [-0.15, -0.1) is 0 Å². The van der Waals surface area contributed by atoms with Crippen molar-refractivity contribution in [2.75, 3.05) is 0 Å². The first kappa shape index (κ1) is 44.0. The van der Waals surface area contributed by atoms with E-state index in [9.17, 15) is 0 Å². The van der Waals surface area contributed by atoms with Gasteiger partial charge in [0.15, 0.2) is 0 Å². The van der Waals surface area contributed by atoms with Crippen LogP contribution in [0.4, 0.5) is 0 Å². The minimum atomic E-state index is 0. The van der Waals surface area contributed by atoms with Crippen molar-refractivity contribution in [2.24, 2.45) is 0 Å². The van der Waals surface area contributed by atoms with Crippen LogP contribution in [0.5, 0.6) is 11.5 Å². The van der Waals surface area contributed by atoms with Gasteiger partial charge in [0.05, 0.1) is 0 Å². The molecule has 2 aromatic rings. The number of hydrogen-bond donors (Lipinski definition) is 2. The molecule has 0 amide bonds. The predicted molar refractivity (Wildman–Crippen MR) is 114 cm³/mol. The van der Waals surface area contributed by atoms with Gasteiger partial charge < -0.3 is 25.1 Å². The maximum atomic E-state index is 8.63. The topological polar surface area (TPSA) is 40.5 Å². The van der Waals surface area contributed by atoms with Crippen molar-refractivity contribution < 1.29 is 42.9 Å². The van der Waals surface area contributed by atoms with Crippen LogP contribution in [0.2, 0.25) is 0 Å². The summed E-state index contributed by atoms with van der Waals surface area (Å²) in [6.45, 7) is 16.0. The summed E-state index contributed by atoms with van der Waals surface area (Å²) in [7, 11) is 0. The van der Waals surface area contributed by atoms with Gasteiger partial charge in [0.1, 0.15) is 11.5 Å². The molecule has 0 aliphatic heterocycles. The van der Waals surface area contributed by atoms with E-state index < -0.39 is 0 Å². The molecule has 0 aliphatic carbocycles.